The summed E-state index contributed by atoms with van der Waals surface area (Å²) in [6, 6.07) is 0. The van der Waals surface area contributed by atoms with Crippen molar-refractivity contribution in [2.45, 2.75) is 64.7 Å². The molecule has 3 fully saturated rings. The van der Waals surface area contributed by atoms with Crippen molar-refractivity contribution < 1.29 is 0 Å². The molecule has 0 heterocycles. The second kappa shape index (κ2) is 4.91. The van der Waals surface area contributed by atoms with Crippen molar-refractivity contribution in [2.75, 3.05) is 13.1 Å². The molecular formula is C16H29N. The van der Waals surface area contributed by atoms with E-state index in [0.29, 0.717) is 0 Å². The number of fused-ring (bicyclic) bond motifs is 2. The van der Waals surface area contributed by atoms with Gasteiger partial charge in [0.25, 0.3) is 0 Å². The van der Waals surface area contributed by atoms with Gasteiger partial charge in [-0.2, -0.15) is 0 Å². The first-order chi connectivity index (χ1) is 8.34. The van der Waals surface area contributed by atoms with Crippen LogP contribution in [-0.4, -0.2) is 13.1 Å². The van der Waals surface area contributed by atoms with Crippen LogP contribution in [0.1, 0.15) is 64.7 Å². The lowest BCUT2D eigenvalue weighted by atomic mass is 9.67. The molecule has 3 rings (SSSR count). The van der Waals surface area contributed by atoms with Crippen LogP contribution in [0.5, 0.6) is 0 Å². The van der Waals surface area contributed by atoms with Gasteiger partial charge in [0.15, 0.2) is 0 Å². The van der Waals surface area contributed by atoms with Gasteiger partial charge in [0.05, 0.1) is 0 Å². The molecule has 1 nitrogen and oxygen atoms in total. The normalized spacial score (nSPS) is 39.0. The van der Waals surface area contributed by atoms with Crippen LogP contribution < -0.4 is 5.32 Å². The Labute approximate surface area is 107 Å². The highest BCUT2D eigenvalue weighted by Gasteiger charge is 2.50. The van der Waals surface area contributed by atoms with Gasteiger partial charge in [0.2, 0.25) is 0 Å². The summed E-state index contributed by atoms with van der Waals surface area (Å²) >= 11 is 0. The topological polar surface area (TPSA) is 12.0 Å². The molecule has 0 saturated heterocycles. The third-order valence-corrected chi connectivity index (χ3v) is 6.03. The quantitative estimate of drug-likeness (QED) is 0.711. The largest absolute Gasteiger partial charge is 0.316 e. The average Bonchev–Trinajstić information content (AvgIpc) is 3.05. The Balaban J connectivity index is 1.66. The summed E-state index contributed by atoms with van der Waals surface area (Å²) in [4.78, 5) is 0. The lowest BCUT2D eigenvalue weighted by Gasteiger charge is -2.40. The molecule has 3 saturated carbocycles. The van der Waals surface area contributed by atoms with Gasteiger partial charge in [0.1, 0.15) is 0 Å². The predicted molar refractivity (Wildman–Crippen MR) is 73.0 cm³/mol. The van der Waals surface area contributed by atoms with E-state index >= 15 is 0 Å². The summed E-state index contributed by atoms with van der Waals surface area (Å²) < 4.78 is 0. The molecule has 1 N–H and O–H groups in total. The van der Waals surface area contributed by atoms with Crippen LogP contribution in [-0.2, 0) is 0 Å². The highest BCUT2D eigenvalue weighted by atomic mass is 14.9. The van der Waals surface area contributed by atoms with E-state index in [1.165, 1.54) is 45.2 Å². The number of rotatable bonds is 5. The lowest BCUT2D eigenvalue weighted by Crippen LogP contribution is -2.41. The number of hydrogen-bond donors (Lipinski definition) is 1. The zero-order valence-electron chi connectivity index (χ0n) is 11.5. The Bertz CT molecular complexity index is 254. The highest BCUT2D eigenvalue weighted by Crippen LogP contribution is 2.59. The van der Waals surface area contributed by atoms with Crippen LogP contribution in [0.3, 0.4) is 0 Å². The van der Waals surface area contributed by atoms with Gasteiger partial charge >= 0.3 is 0 Å². The van der Waals surface area contributed by atoms with Gasteiger partial charge < -0.3 is 5.32 Å². The van der Waals surface area contributed by atoms with Gasteiger partial charge in [-0.05, 0) is 68.2 Å². The monoisotopic (exact) mass is 235 g/mol. The smallest absolute Gasteiger partial charge is 0.00106 e. The molecule has 0 aliphatic heterocycles. The Kier molecular flexibility index (Phi) is 3.47. The van der Waals surface area contributed by atoms with Crippen molar-refractivity contribution in [3.8, 4) is 0 Å². The standard InChI is InChI=1S/C16H29N/c1-2-9-17-12-16(7-3-4-8-16)15-11-13-5-6-14(15)10-13/h13-15,17H,2-12H2,1H3. The van der Waals surface area contributed by atoms with E-state index in [2.05, 4.69) is 12.2 Å². The first-order valence-electron chi connectivity index (χ1n) is 8.05. The van der Waals surface area contributed by atoms with Gasteiger partial charge in [-0.3, -0.25) is 0 Å². The van der Waals surface area contributed by atoms with E-state index in [1.807, 2.05) is 0 Å². The highest BCUT2D eigenvalue weighted by molar-refractivity contribution is 5.02. The van der Waals surface area contributed by atoms with Crippen LogP contribution in [0.4, 0.5) is 0 Å². The summed E-state index contributed by atoms with van der Waals surface area (Å²) in [5.41, 5.74) is 0.717. The average molecular weight is 235 g/mol. The fourth-order valence-electron chi connectivity index (χ4n) is 5.27. The van der Waals surface area contributed by atoms with Crippen LogP contribution in [0, 0.1) is 23.2 Å². The van der Waals surface area contributed by atoms with Crippen molar-refractivity contribution in [2.24, 2.45) is 23.2 Å². The van der Waals surface area contributed by atoms with E-state index in [0.717, 1.165) is 23.2 Å². The zero-order valence-corrected chi connectivity index (χ0v) is 11.5. The first kappa shape index (κ1) is 12.0. The van der Waals surface area contributed by atoms with Crippen molar-refractivity contribution in [3.63, 3.8) is 0 Å². The molecule has 1 heteroatoms. The molecule has 0 radical (unpaired) electrons. The van der Waals surface area contributed by atoms with Gasteiger partial charge in [-0.15, -0.1) is 0 Å². The van der Waals surface area contributed by atoms with Gasteiger partial charge in [0, 0.05) is 6.54 Å². The molecule has 17 heavy (non-hydrogen) atoms. The van der Waals surface area contributed by atoms with Crippen LogP contribution in [0.15, 0.2) is 0 Å². The minimum atomic E-state index is 0.717. The zero-order chi connectivity index (χ0) is 11.7. The molecule has 0 spiro atoms. The van der Waals surface area contributed by atoms with Gasteiger partial charge in [-0.25, -0.2) is 0 Å². The molecule has 3 aliphatic rings. The minimum Gasteiger partial charge on any atom is -0.316 e. The maximum atomic E-state index is 3.75. The van der Waals surface area contributed by atoms with E-state index < -0.39 is 0 Å². The molecular weight excluding hydrogens is 206 g/mol. The summed E-state index contributed by atoms with van der Waals surface area (Å²) in [5.74, 6) is 3.32. The molecule has 0 aromatic carbocycles. The SMILES string of the molecule is CCCNCC1(C2CC3CCC2C3)CCCC1. The first-order valence-corrected chi connectivity index (χ1v) is 8.05. The second-order valence-corrected chi connectivity index (χ2v) is 7.03. The van der Waals surface area contributed by atoms with Crippen molar-refractivity contribution >= 4 is 0 Å². The van der Waals surface area contributed by atoms with Crippen molar-refractivity contribution in [3.05, 3.63) is 0 Å². The minimum absolute atomic E-state index is 0.717. The maximum Gasteiger partial charge on any atom is 0.00106 e. The Morgan fingerprint density at radius 2 is 1.94 bits per heavy atom. The third-order valence-electron chi connectivity index (χ3n) is 6.03. The molecule has 0 aromatic heterocycles. The molecule has 0 amide bonds. The summed E-state index contributed by atoms with van der Waals surface area (Å²) in [7, 11) is 0. The van der Waals surface area contributed by atoms with E-state index in [1.54, 1.807) is 25.7 Å². The fourth-order valence-corrected chi connectivity index (χ4v) is 5.27. The molecule has 0 aromatic rings. The van der Waals surface area contributed by atoms with Crippen LogP contribution in [0.2, 0.25) is 0 Å². The van der Waals surface area contributed by atoms with Crippen LogP contribution in [0.25, 0.3) is 0 Å². The third kappa shape index (κ3) is 2.16. The lowest BCUT2D eigenvalue weighted by molar-refractivity contribution is 0.104. The van der Waals surface area contributed by atoms with E-state index in [4.69, 9.17) is 0 Å². The molecule has 3 unspecified atom stereocenters. The number of nitrogens with one attached hydrogen (secondary N) is 1. The molecule has 3 aliphatic carbocycles. The van der Waals surface area contributed by atoms with Crippen LogP contribution >= 0.6 is 0 Å². The summed E-state index contributed by atoms with van der Waals surface area (Å²) in [6.07, 6.45) is 13.6. The van der Waals surface area contributed by atoms with Crippen molar-refractivity contribution in [1.29, 1.82) is 0 Å². The molecule has 2 bridgehead atoms. The number of hydrogen-bond acceptors (Lipinski definition) is 1. The summed E-state index contributed by atoms with van der Waals surface area (Å²) in [6.45, 7) is 4.84. The second-order valence-electron chi connectivity index (χ2n) is 7.03. The van der Waals surface area contributed by atoms with E-state index in [-0.39, 0.29) is 0 Å². The molecule has 3 atom stereocenters. The predicted octanol–water partition coefficient (Wildman–Crippen LogP) is 3.98. The Hall–Kier alpha value is -0.0400. The maximum absolute atomic E-state index is 3.75. The Morgan fingerprint density at radius 1 is 1.12 bits per heavy atom. The van der Waals surface area contributed by atoms with Gasteiger partial charge in [-0.1, -0.05) is 26.2 Å². The summed E-state index contributed by atoms with van der Waals surface area (Å²) in [5, 5.41) is 3.75. The van der Waals surface area contributed by atoms with E-state index in [9.17, 15) is 0 Å². The molecule has 98 valence electrons. The van der Waals surface area contributed by atoms with Crippen molar-refractivity contribution in [1.82, 2.24) is 5.32 Å². The Morgan fingerprint density at radius 3 is 2.53 bits per heavy atom. The fraction of sp³-hybridized carbons (Fsp3) is 1.00.